The Bertz CT molecular complexity index is 359. The average molecular weight is 276 g/mol. The number of thioether (sulfide) groups is 1. The Balaban J connectivity index is 2.27. The maximum atomic E-state index is 11.7. The molecule has 0 aromatic carbocycles. The first kappa shape index (κ1) is 14.2. The zero-order valence-corrected chi connectivity index (χ0v) is 11.4. The van der Waals surface area contributed by atoms with E-state index in [1.54, 1.807) is 7.11 Å². The second kappa shape index (κ2) is 7.46. The minimum Gasteiger partial charge on any atom is -0.385 e. The van der Waals surface area contributed by atoms with Crippen molar-refractivity contribution in [3.8, 4) is 0 Å². The highest BCUT2D eigenvalue weighted by Crippen LogP contribution is 2.27. The Labute approximate surface area is 108 Å². The average Bonchev–Trinajstić information content (AvgIpc) is 2.70. The van der Waals surface area contributed by atoms with Gasteiger partial charge >= 0.3 is 0 Å². The van der Waals surface area contributed by atoms with Gasteiger partial charge in [0.15, 0.2) is 4.34 Å². The molecule has 1 aromatic rings. The van der Waals surface area contributed by atoms with Crippen LogP contribution < -0.4 is 11.1 Å². The van der Waals surface area contributed by atoms with Crippen LogP contribution in [0.15, 0.2) is 4.34 Å². The van der Waals surface area contributed by atoms with Crippen LogP contribution in [0.2, 0.25) is 0 Å². The second-order valence-electron chi connectivity index (χ2n) is 3.30. The maximum absolute atomic E-state index is 11.7. The fourth-order valence-corrected chi connectivity index (χ4v) is 2.85. The van der Waals surface area contributed by atoms with Crippen LogP contribution in [-0.2, 0) is 9.53 Å². The van der Waals surface area contributed by atoms with Gasteiger partial charge in [0.2, 0.25) is 11.0 Å². The highest BCUT2D eigenvalue weighted by molar-refractivity contribution is 8.02. The number of amides is 1. The molecule has 0 spiro atoms. The number of carbonyl (C=O) groups is 1. The summed E-state index contributed by atoms with van der Waals surface area (Å²) in [4.78, 5) is 11.7. The topological polar surface area (TPSA) is 90.1 Å². The number of anilines is 1. The normalized spacial score (nSPS) is 12.4. The second-order valence-corrected chi connectivity index (χ2v) is 5.90. The van der Waals surface area contributed by atoms with E-state index < -0.39 is 0 Å². The number of ether oxygens (including phenoxy) is 1. The summed E-state index contributed by atoms with van der Waals surface area (Å²) in [5.74, 6) is -0.0140. The predicted octanol–water partition coefficient (Wildman–Crippen LogP) is 0.754. The van der Waals surface area contributed by atoms with Crippen LogP contribution >= 0.6 is 23.1 Å². The summed E-state index contributed by atoms with van der Waals surface area (Å²) in [6.07, 6.45) is 0.811. The molecule has 1 atom stereocenters. The molecular formula is C9H16N4O2S2. The number of hydrogen-bond donors (Lipinski definition) is 2. The molecule has 0 aliphatic heterocycles. The fourth-order valence-electron chi connectivity index (χ4n) is 1.04. The summed E-state index contributed by atoms with van der Waals surface area (Å²) < 4.78 is 5.61. The molecule has 1 unspecified atom stereocenters. The number of rotatable bonds is 7. The van der Waals surface area contributed by atoms with E-state index in [4.69, 9.17) is 10.5 Å². The monoisotopic (exact) mass is 276 g/mol. The highest BCUT2D eigenvalue weighted by atomic mass is 32.2. The van der Waals surface area contributed by atoms with Crippen LogP contribution in [0, 0.1) is 0 Å². The van der Waals surface area contributed by atoms with Crippen molar-refractivity contribution in [3.05, 3.63) is 0 Å². The van der Waals surface area contributed by atoms with Crippen LogP contribution in [0.3, 0.4) is 0 Å². The molecule has 0 saturated carbocycles. The quantitative estimate of drug-likeness (QED) is 0.564. The molecule has 1 amide bonds. The first-order chi connectivity index (χ1) is 8.13. The van der Waals surface area contributed by atoms with Crippen molar-refractivity contribution in [3.63, 3.8) is 0 Å². The largest absolute Gasteiger partial charge is 0.385 e. The Morgan fingerprint density at radius 3 is 3.00 bits per heavy atom. The van der Waals surface area contributed by atoms with Gasteiger partial charge in [0, 0.05) is 20.3 Å². The number of nitrogens with two attached hydrogens (primary N) is 1. The molecule has 6 nitrogen and oxygen atoms in total. The lowest BCUT2D eigenvalue weighted by atomic mass is 10.4. The van der Waals surface area contributed by atoms with Crippen molar-refractivity contribution >= 4 is 34.1 Å². The number of carbonyl (C=O) groups excluding carboxylic acids is 1. The van der Waals surface area contributed by atoms with Gasteiger partial charge in [-0.05, 0) is 13.3 Å². The van der Waals surface area contributed by atoms with Crippen LogP contribution in [0.5, 0.6) is 0 Å². The van der Waals surface area contributed by atoms with Crippen molar-refractivity contribution in [2.75, 3.05) is 26.0 Å². The number of methoxy groups -OCH3 is 1. The minimum atomic E-state index is -0.204. The van der Waals surface area contributed by atoms with Gasteiger partial charge in [-0.25, -0.2) is 0 Å². The lowest BCUT2D eigenvalue weighted by Crippen LogP contribution is -2.32. The maximum Gasteiger partial charge on any atom is 0.233 e. The first-order valence-corrected chi connectivity index (χ1v) is 6.85. The molecular weight excluding hydrogens is 260 g/mol. The van der Waals surface area contributed by atoms with Crippen molar-refractivity contribution in [1.29, 1.82) is 0 Å². The summed E-state index contributed by atoms with van der Waals surface area (Å²) in [6, 6.07) is 0. The van der Waals surface area contributed by atoms with Gasteiger partial charge < -0.3 is 15.8 Å². The Morgan fingerprint density at radius 1 is 1.65 bits per heavy atom. The van der Waals surface area contributed by atoms with E-state index >= 15 is 0 Å². The van der Waals surface area contributed by atoms with Crippen LogP contribution in [0.4, 0.5) is 5.13 Å². The summed E-state index contributed by atoms with van der Waals surface area (Å²) in [6.45, 7) is 3.10. The van der Waals surface area contributed by atoms with Crippen LogP contribution in [0.1, 0.15) is 13.3 Å². The molecule has 1 aromatic heterocycles. The zero-order chi connectivity index (χ0) is 12.7. The van der Waals surface area contributed by atoms with Crippen LogP contribution in [0.25, 0.3) is 0 Å². The molecule has 0 aliphatic rings. The van der Waals surface area contributed by atoms with Gasteiger partial charge in [-0.3, -0.25) is 4.79 Å². The minimum absolute atomic E-state index is 0.0140. The fraction of sp³-hybridized carbons (Fsp3) is 0.667. The molecule has 96 valence electrons. The number of nitrogen functional groups attached to an aromatic ring is 1. The Hall–Kier alpha value is -0.860. The molecule has 0 aliphatic carbocycles. The molecule has 8 heteroatoms. The standard InChI is InChI=1S/C9H16N4O2S2/c1-6(7(14)11-4-3-5-15-2)16-9-13-12-8(10)17-9/h6H,3-5H2,1-2H3,(H2,10,12)(H,11,14). The lowest BCUT2D eigenvalue weighted by molar-refractivity contribution is -0.120. The van der Waals surface area contributed by atoms with Gasteiger partial charge in [0.25, 0.3) is 0 Å². The van der Waals surface area contributed by atoms with Crippen molar-refractivity contribution < 1.29 is 9.53 Å². The van der Waals surface area contributed by atoms with Gasteiger partial charge in [0.1, 0.15) is 0 Å². The molecule has 0 bridgehead atoms. The SMILES string of the molecule is COCCCNC(=O)C(C)Sc1nnc(N)s1. The molecule has 3 N–H and O–H groups in total. The van der Waals surface area contributed by atoms with E-state index in [9.17, 15) is 4.79 Å². The third-order valence-corrected chi connectivity index (χ3v) is 3.83. The van der Waals surface area contributed by atoms with Gasteiger partial charge in [-0.1, -0.05) is 23.1 Å². The molecule has 0 radical (unpaired) electrons. The first-order valence-electron chi connectivity index (χ1n) is 5.15. The molecule has 0 saturated heterocycles. The molecule has 1 heterocycles. The van der Waals surface area contributed by atoms with Crippen LogP contribution in [-0.4, -0.2) is 41.6 Å². The Morgan fingerprint density at radius 2 is 2.41 bits per heavy atom. The Kier molecular flexibility index (Phi) is 6.23. The highest BCUT2D eigenvalue weighted by Gasteiger charge is 2.16. The third kappa shape index (κ3) is 5.33. The van der Waals surface area contributed by atoms with E-state index in [-0.39, 0.29) is 11.2 Å². The van der Waals surface area contributed by atoms with E-state index in [0.717, 1.165) is 6.42 Å². The van der Waals surface area contributed by atoms with E-state index in [2.05, 4.69) is 15.5 Å². The van der Waals surface area contributed by atoms with Gasteiger partial charge in [-0.15, -0.1) is 10.2 Å². The smallest absolute Gasteiger partial charge is 0.233 e. The van der Waals surface area contributed by atoms with Crippen molar-refractivity contribution in [2.24, 2.45) is 0 Å². The molecule has 0 fully saturated rings. The lowest BCUT2D eigenvalue weighted by Gasteiger charge is -2.09. The predicted molar refractivity (Wildman–Crippen MR) is 69.1 cm³/mol. The number of aromatic nitrogens is 2. The summed E-state index contributed by atoms with van der Waals surface area (Å²) in [5.41, 5.74) is 5.46. The van der Waals surface area contributed by atoms with E-state index in [1.165, 1.54) is 23.1 Å². The number of hydrogen-bond acceptors (Lipinski definition) is 7. The van der Waals surface area contributed by atoms with E-state index in [0.29, 0.717) is 22.6 Å². The summed E-state index contributed by atoms with van der Waals surface area (Å²) in [5, 5.41) is 10.6. The van der Waals surface area contributed by atoms with Gasteiger partial charge in [-0.2, -0.15) is 0 Å². The zero-order valence-electron chi connectivity index (χ0n) is 9.80. The van der Waals surface area contributed by atoms with Crippen molar-refractivity contribution in [1.82, 2.24) is 15.5 Å². The third-order valence-electron chi connectivity index (χ3n) is 1.89. The number of nitrogens with zero attached hydrogens (tertiary/aromatic N) is 2. The molecule has 17 heavy (non-hydrogen) atoms. The van der Waals surface area contributed by atoms with E-state index in [1.807, 2.05) is 6.92 Å². The number of nitrogens with one attached hydrogen (secondary N) is 1. The summed E-state index contributed by atoms with van der Waals surface area (Å²) >= 11 is 2.64. The summed E-state index contributed by atoms with van der Waals surface area (Å²) in [7, 11) is 1.64. The molecule has 1 rings (SSSR count). The van der Waals surface area contributed by atoms with Gasteiger partial charge in [0.05, 0.1) is 5.25 Å². The van der Waals surface area contributed by atoms with Crippen molar-refractivity contribution in [2.45, 2.75) is 22.9 Å².